The molecule has 0 aliphatic carbocycles. The number of hydrogen-bond donors (Lipinski definition) is 1. The van der Waals surface area contributed by atoms with Crippen LogP contribution in [0.4, 0.5) is 0 Å². The molecule has 2 heterocycles. The Labute approximate surface area is 173 Å². The van der Waals surface area contributed by atoms with Crippen molar-refractivity contribution in [3.05, 3.63) is 76.5 Å². The third-order valence-electron chi connectivity index (χ3n) is 5.36. The fourth-order valence-electron chi connectivity index (χ4n) is 3.48. The maximum absolute atomic E-state index is 12.8. The van der Waals surface area contributed by atoms with E-state index in [9.17, 15) is 4.79 Å². The predicted octanol–water partition coefficient (Wildman–Crippen LogP) is 6.31. The van der Waals surface area contributed by atoms with Crippen LogP contribution in [0.1, 0.15) is 73.9 Å². The highest BCUT2D eigenvalue weighted by Crippen LogP contribution is 2.46. The molecule has 0 bridgehead atoms. The molecule has 1 fully saturated rings. The lowest BCUT2D eigenvalue weighted by Gasteiger charge is -2.19. The number of esters is 1. The molecule has 154 valence electrons. The molecule has 0 saturated carbocycles. The Morgan fingerprint density at radius 3 is 2.21 bits per heavy atom. The fraction of sp³-hybridized carbons (Fsp3) is 0.400. The van der Waals surface area contributed by atoms with Gasteiger partial charge in [0.1, 0.15) is 22.8 Å². The zero-order chi connectivity index (χ0) is 21.6. The lowest BCUT2D eigenvalue weighted by Crippen LogP contribution is -2.24. The molecule has 2 aromatic rings. The van der Waals surface area contributed by atoms with Crippen molar-refractivity contribution in [1.29, 1.82) is 0 Å². The minimum absolute atomic E-state index is 0.140. The van der Waals surface area contributed by atoms with Crippen LogP contribution in [0.3, 0.4) is 0 Å². The number of benzene rings is 1. The van der Waals surface area contributed by atoms with E-state index in [2.05, 4.69) is 37.5 Å². The zero-order valence-electron chi connectivity index (χ0n) is 18.5. The highest BCUT2D eigenvalue weighted by atomic mass is 16.6. The maximum Gasteiger partial charge on any atom is 0.355 e. The van der Waals surface area contributed by atoms with Crippen molar-refractivity contribution in [2.24, 2.45) is 5.41 Å². The first kappa shape index (κ1) is 21.0. The Kier molecular flexibility index (Phi) is 5.24. The second-order valence-corrected chi connectivity index (χ2v) is 9.38. The van der Waals surface area contributed by atoms with Crippen molar-refractivity contribution in [2.75, 3.05) is 0 Å². The molecule has 1 saturated heterocycles. The van der Waals surface area contributed by atoms with Gasteiger partial charge in [-0.3, -0.25) is 0 Å². The van der Waals surface area contributed by atoms with Crippen LogP contribution in [-0.2, 0) is 9.47 Å². The predicted molar refractivity (Wildman–Crippen MR) is 117 cm³/mol. The second-order valence-electron chi connectivity index (χ2n) is 9.38. The summed E-state index contributed by atoms with van der Waals surface area (Å²) < 4.78 is 11.7. The summed E-state index contributed by atoms with van der Waals surface area (Å²) in [5.74, 6) is 1.28. The Bertz CT molecular complexity index is 985. The SMILES string of the molecule is C=C1O/C(=C(\c2ccccc2)c2[nH]c(C(=O)OC(C)(C)C)c(C)c2C)CC1(C)C. The molecule has 0 atom stereocenters. The van der Waals surface area contributed by atoms with E-state index in [0.29, 0.717) is 5.69 Å². The van der Waals surface area contributed by atoms with Crippen LogP contribution in [0.5, 0.6) is 0 Å². The minimum Gasteiger partial charge on any atom is -0.465 e. The standard InChI is InChI=1S/C25H31NO3/c1-15-16(2)22(23(27)29-24(4,5)6)26-21(15)20(18-12-10-9-11-13-18)19-14-25(7,8)17(3)28-19/h9-13,26H,3,14H2,1-2,4-8H3/b20-19+. The average Bonchev–Trinajstić information content (AvgIpc) is 3.05. The van der Waals surface area contributed by atoms with Gasteiger partial charge in [0.05, 0.1) is 5.69 Å². The van der Waals surface area contributed by atoms with Gasteiger partial charge in [-0.1, -0.05) is 50.8 Å². The summed E-state index contributed by atoms with van der Waals surface area (Å²) in [5, 5.41) is 0. The fourth-order valence-corrected chi connectivity index (χ4v) is 3.48. The smallest absolute Gasteiger partial charge is 0.355 e. The topological polar surface area (TPSA) is 51.3 Å². The van der Waals surface area contributed by atoms with E-state index in [-0.39, 0.29) is 11.4 Å². The lowest BCUT2D eigenvalue weighted by atomic mass is 9.87. The van der Waals surface area contributed by atoms with Crippen LogP contribution < -0.4 is 0 Å². The number of carbonyl (C=O) groups is 1. The number of H-pyrrole nitrogens is 1. The van der Waals surface area contributed by atoms with Crippen molar-refractivity contribution in [3.8, 4) is 0 Å². The van der Waals surface area contributed by atoms with Crippen LogP contribution in [0.2, 0.25) is 0 Å². The van der Waals surface area contributed by atoms with Gasteiger partial charge in [0.15, 0.2) is 0 Å². The van der Waals surface area contributed by atoms with Crippen molar-refractivity contribution in [2.45, 2.75) is 60.5 Å². The van der Waals surface area contributed by atoms with E-state index in [1.165, 1.54) is 0 Å². The summed E-state index contributed by atoms with van der Waals surface area (Å²) in [6.07, 6.45) is 0.745. The van der Waals surface area contributed by atoms with E-state index in [1.54, 1.807) is 0 Å². The summed E-state index contributed by atoms with van der Waals surface area (Å²) in [7, 11) is 0. The minimum atomic E-state index is -0.556. The van der Waals surface area contributed by atoms with Gasteiger partial charge in [0.2, 0.25) is 0 Å². The van der Waals surface area contributed by atoms with Crippen LogP contribution in [0.15, 0.2) is 48.4 Å². The first-order valence-corrected chi connectivity index (χ1v) is 9.99. The number of hydrogen-bond acceptors (Lipinski definition) is 3. The molecular formula is C25H31NO3. The van der Waals surface area contributed by atoms with Gasteiger partial charge in [-0.25, -0.2) is 4.79 Å². The highest BCUT2D eigenvalue weighted by molar-refractivity contribution is 5.93. The van der Waals surface area contributed by atoms with E-state index < -0.39 is 5.60 Å². The molecule has 1 N–H and O–H groups in total. The van der Waals surface area contributed by atoms with Gasteiger partial charge < -0.3 is 14.5 Å². The molecule has 0 spiro atoms. The third-order valence-corrected chi connectivity index (χ3v) is 5.36. The lowest BCUT2D eigenvalue weighted by molar-refractivity contribution is 0.00627. The van der Waals surface area contributed by atoms with Gasteiger partial charge >= 0.3 is 5.97 Å². The number of nitrogens with one attached hydrogen (secondary N) is 1. The molecule has 1 aliphatic heterocycles. The molecule has 29 heavy (non-hydrogen) atoms. The first-order valence-electron chi connectivity index (χ1n) is 9.99. The molecule has 0 radical (unpaired) electrons. The van der Waals surface area contributed by atoms with Crippen molar-refractivity contribution in [1.82, 2.24) is 4.98 Å². The number of ether oxygens (including phenoxy) is 2. The number of carbonyl (C=O) groups excluding carboxylic acids is 1. The first-order chi connectivity index (χ1) is 13.4. The van der Waals surface area contributed by atoms with Gasteiger partial charge in [-0.05, 0) is 51.3 Å². The normalized spacial score (nSPS) is 17.8. The number of aromatic amines is 1. The van der Waals surface area contributed by atoms with Crippen LogP contribution in [-0.4, -0.2) is 16.6 Å². The number of rotatable bonds is 3. The molecule has 0 amide bonds. The maximum atomic E-state index is 12.8. The second kappa shape index (κ2) is 7.25. The summed E-state index contributed by atoms with van der Waals surface area (Å²) in [6, 6.07) is 10.1. The van der Waals surface area contributed by atoms with Gasteiger partial charge in [-0.2, -0.15) is 0 Å². The molecule has 4 nitrogen and oxygen atoms in total. The van der Waals surface area contributed by atoms with Crippen LogP contribution in [0.25, 0.3) is 5.57 Å². The molecule has 4 heteroatoms. The van der Waals surface area contributed by atoms with Crippen LogP contribution in [0, 0.1) is 19.3 Å². The Morgan fingerprint density at radius 2 is 1.69 bits per heavy atom. The number of aromatic nitrogens is 1. The third kappa shape index (κ3) is 4.16. The Morgan fingerprint density at radius 1 is 1.10 bits per heavy atom. The molecular weight excluding hydrogens is 362 g/mol. The van der Waals surface area contributed by atoms with Crippen molar-refractivity contribution >= 4 is 11.5 Å². The molecule has 3 rings (SSSR count). The number of allylic oxidation sites excluding steroid dienone is 2. The molecule has 1 aromatic carbocycles. The summed E-state index contributed by atoms with van der Waals surface area (Å²) >= 11 is 0. The van der Waals surface area contributed by atoms with Crippen LogP contribution >= 0.6 is 0 Å². The van der Waals surface area contributed by atoms with Gasteiger partial charge in [0, 0.05) is 17.4 Å². The van der Waals surface area contributed by atoms with Crippen molar-refractivity contribution < 1.29 is 14.3 Å². The summed E-state index contributed by atoms with van der Waals surface area (Å²) in [5.41, 5.74) is 4.57. The largest absolute Gasteiger partial charge is 0.465 e. The summed E-state index contributed by atoms with van der Waals surface area (Å²) in [4.78, 5) is 16.1. The molecule has 0 unspecified atom stereocenters. The Balaban J connectivity index is 2.18. The zero-order valence-corrected chi connectivity index (χ0v) is 18.5. The van der Waals surface area contributed by atoms with E-state index >= 15 is 0 Å². The average molecular weight is 394 g/mol. The van der Waals surface area contributed by atoms with Gasteiger partial charge in [0.25, 0.3) is 0 Å². The Hall–Kier alpha value is -2.75. The molecule has 1 aromatic heterocycles. The van der Waals surface area contributed by atoms with E-state index in [0.717, 1.165) is 45.9 Å². The van der Waals surface area contributed by atoms with E-state index in [1.807, 2.05) is 52.8 Å². The van der Waals surface area contributed by atoms with Crippen molar-refractivity contribution in [3.63, 3.8) is 0 Å². The van der Waals surface area contributed by atoms with E-state index in [4.69, 9.17) is 9.47 Å². The monoisotopic (exact) mass is 393 g/mol. The molecule has 1 aliphatic rings. The van der Waals surface area contributed by atoms with Gasteiger partial charge in [-0.15, -0.1) is 0 Å². The quantitative estimate of drug-likeness (QED) is 0.622. The summed E-state index contributed by atoms with van der Waals surface area (Å²) in [6.45, 7) is 17.9. The highest BCUT2D eigenvalue weighted by Gasteiger charge is 2.36.